The molecule has 148 valence electrons. The molecule has 0 atom stereocenters. The summed E-state index contributed by atoms with van der Waals surface area (Å²) >= 11 is 0. The highest BCUT2D eigenvalue weighted by Gasteiger charge is 2.30. The molecule has 7 nitrogen and oxygen atoms in total. The molecule has 2 rings (SSSR count). The van der Waals surface area contributed by atoms with Crippen LogP contribution in [0.5, 0.6) is 0 Å². The first-order valence-corrected chi connectivity index (χ1v) is 9.38. The molecule has 1 heterocycles. The number of anilines is 1. The number of nitrogens with one attached hydrogen (secondary N) is 1. The fourth-order valence-electron chi connectivity index (χ4n) is 3.42. The lowest BCUT2D eigenvalue weighted by atomic mass is 10.0. The lowest BCUT2D eigenvalue weighted by Gasteiger charge is -2.37. The normalized spacial score (nSPS) is 14.6. The van der Waals surface area contributed by atoms with Gasteiger partial charge in [-0.3, -0.25) is 9.59 Å². The van der Waals surface area contributed by atoms with Gasteiger partial charge in [-0.15, -0.1) is 0 Å². The molecular formula is C20H29N3O4. The Kier molecular flexibility index (Phi) is 7.21. The average molecular weight is 375 g/mol. The van der Waals surface area contributed by atoms with Gasteiger partial charge >= 0.3 is 6.09 Å². The topological polar surface area (TPSA) is 79.0 Å². The van der Waals surface area contributed by atoms with Crippen LogP contribution < -0.4 is 5.32 Å². The maximum atomic E-state index is 12.5. The van der Waals surface area contributed by atoms with Crippen LogP contribution in [0.1, 0.15) is 37.8 Å². The molecule has 1 aliphatic rings. The summed E-state index contributed by atoms with van der Waals surface area (Å²) in [6.07, 6.45) is 0.947. The number of ether oxygens (including phenoxy) is 1. The van der Waals surface area contributed by atoms with Crippen molar-refractivity contribution in [3.05, 3.63) is 29.3 Å². The van der Waals surface area contributed by atoms with Gasteiger partial charge in [-0.25, -0.2) is 4.79 Å². The zero-order chi connectivity index (χ0) is 20.0. The highest BCUT2D eigenvalue weighted by atomic mass is 16.6. The van der Waals surface area contributed by atoms with E-state index < -0.39 is 0 Å². The van der Waals surface area contributed by atoms with Crippen LogP contribution in [0.4, 0.5) is 10.5 Å². The van der Waals surface area contributed by atoms with Crippen LogP contribution in [0.2, 0.25) is 0 Å². The predicted octanol–water partition coefficient (Wildman–Crippen LogP) is 2.71. The first-order chi connectivity index (χ1) is 12.8. The number of benzene rings is 1. The van der Waals surface area contributed by atoms with E-state index in [1.54, 1.807) is 16.7 Å². The zero-order valence-electron chi connectivity index (χ0n) is 16.6. The standard InChI is InChI=1S/C20H29N3O4/c1-5-27-20(26)22-11-9-17(10-12-22)23(16(4)24)13-18(25)21-19-14(2)7-6-8-15(19)3/h6-8,17H,5,9-13H2,1-4H3,(H,21,25). The van der Waals surface area contributed by atoms with Crippen molar-refractivity contribution in [2.75, 3.05) is 31.6 Å². The predicted molar refractivity (Wildman–Crippen MR) is 104 cm³/mol. The molecule has 1 aromatic rings. The summed E-state index contributed by atoms with van der Waals surface area (Å²) < 4.78 is 5.02. The summed E-state index contributed by atoms with van der Waals surface area (Å²) in [5, 5.41) is 2.93. The van der Waals surface area contributed by atoms with E-state index in [4.69, 9.17) is 4.74 Å². The molecule has 27 heavy (non-hydrogen) atoms. The van der Waals surface area contributed by atoms with Crippen LogP contribution >= 0.6 is 0 Å². The summed E-state index contributed by atoms with van der Waals surface area (Å²) in [5.41, 5.74) is 2.77. The van der Waals surface area contributed by atoms with Gasteiger partial charge in [0, 0.05) is 31.7 Å². The third-order valence-electron chi connectivity index (χ3n) is 4.90. The van der Waals surface area contributed by atoms with Gasteiger partial charge in [0.05, 0.1) is 6.61 Å². The van der Waals surface area contributed by atoms with Gasteiger partial charge in [0.2, 0.25) is 11.8 Å². The van der Waals surface area contributed by atoms with E-state index in [1.807, 2.05) is 32.0 Å². The Hall–Kier alpha value is -2.57. The van der Waals surface area contributed by atoms with E-state index in [2.05, 4.69) is 5.32 Å². The zero-order valence-corrected chi connectivity index (χ0v) is 16.6. The molecule has 3 amide bonds. The molecular weight excluding hydrogens is 346 g/mol. The number of hydrogen-bond donors (Lipinski definition) is 1. The van der Waals surface area contributed by atoms with Crippen LogP contribution in [0.3, 0.4) is 0 Å². The molecule has 1 fully saturated rings. The third-order valence-corrected chi connectivity index (χ3v) is 4.90. The first kappa shape index (κ1) is 20.7. The van der Waals surface area contributed by atoms with Crippen molar-refractivity contribution in [1.29, 1.82) is 0 Å². The Morgan fingerprint density at radius 1 is 1.19 bits per heavy atom. The number of para-hydroxylation sites is 1. The molecule has 1 aliphatic heterocycles. The average Bonchev–Trinajstić information content (AvgIpc) is 2.63. The van der Waals surface area contributed by atoms with Crippen LogP contribution in [0.25, 0.3) is 0 Å². The number of nitrogens with zero attached hydrogens (tertiary/aromatic N) is 2. The van der Waals surface area contributed by atoms with Crippen molar-refractivity contribution in [3.63, 3.8) is 0 Å². The molecule has 0 radical (unpaired) electrons. The van der Waals surface area contributed by atoms with E-state index in [-0.39, 0.29) is 30.5 Å². The lowest BCUT2D eigenvalue weighted by Crippen LogP contribution is -2.50. The molecule has 0 unspecified atom stereocenters. The van der Waals surface area contributed by atoms with Crippen molar-refractivity contribution in [1.82, 2.24) is 9.80 Å². The Bertz CT molecular complexity index is 676. The minimum atomic E-state index is -0.321. The van der Waals surface area contributed by atoms with Gasteiger partial charge < -0.3 is 19.9 Å². The summed E-state index contributed by atoms with van der Waals surface area (Å²) in [7, 11) is 0. The highest BCUT2D eigenvalue weighted by Crippen LogP contribution is 2.21. The van der Waals surface area contributed by atoms with Gasteiger partial charge in [-0.1, -0.05) is 18.2 Å². The summed E-state index contributed by atoms with van der Waals surface area (Å²) in [6, 6.07) is 5.77. The SMILES string of the molecule is CCOC(=O)N1CCC(N(CC(=O)Nc2c(C)cccc2C)C(C)=O)CC1. The smallest absolute Gasteiger partial charge is 0.409 e. The number of carbonyl (C=O) groups is 3. The van der Waals surface area contributed by atoms with E-state index in [0.29, 0.717) is 32.5 Å². The quantitative estimate of drug-likeness (QED) is 0.858. The molecule has 1 aromatic carbocycles. The Labute approximate surface area is 160 Å². The van der Waals surface area contributed by atoms with Crippen LogP contribution in [-0.2, 0) is 14.3 Å². The summed E-state index contributed by atoms with van der Waals surface area (Å²) in [4.78, 5) is 39.7. The number of piperidine rings is 1. The van der Waals surface area contributed by atoms with Crippen molar-refractivity contribution in [3.8, 4) is 0 Å². The van der Waals surface area contributed by atoms with E-state index in [0.717, 1.165) is 16.8 Å². The molecule has 0 aliphatic carbocycles. The monoisotopic (exact) mass is 375 g/mol. The van der Waals surface area contributed by atoms with E-state index in [1.165, 1.54) is 6.92 Å². The third kappa shape index (κ3) is 5.45. The molecule has 0 saturated carbocycles. The molecule has 1 saturated heterocycles. The molecule has 0 aromatic heterocycles. The lowest BCUT2D eigenvalue weighted by molar-refractivity contribution is -0.136. The second-order valence-electron chi connectivity index (χ2n) is 6.88. The van der Waals surface area contributed by atoms with Crippen molar-refractivity contribution in [2.24, 2.45) is 0 Å². The van der Waals surface area contributed by atoms with Gasteiger partial charge in [0.25, 0.3) is 0 Å². The number of likely N-dealkylation sites (tertiary alicyclic amines) is 1. The van der Waals surface area contributed by atoms with Crippen LogP contribution in [-0.4, -0.2) is 60.0 Å². The second-order valence-corrected chi connectivity index (χ2v) is 6.88. The van der Waals surface area contributed by atoms with Gasteiger partial charge in [-0.2, -0.15) is 0 Å². The molecule has 0 bridgehead atoms. The maximum Gasteiger partial charge on any atom is 0.409 e. The van der Waals surface area contributed by atoms with Crippen molar-refractivity contribution >= 4 is 23.6 Å². The highest BCUT2D eigenvalue weighted by molar-refractivity contribution is 5.95. The Morgan fingerprint density at radius 2 is 1.78 bits per heavy atom. The second kappa shape index (κ2) is 9.39. The van der Waals surface area contributed by atoms with Gasteiger partial charge in [0.15, 0.2) is 0 Å². The summed E-state index contributed by atoms with van der Waals surface area (Å²) in [6.45, 7) is 8.52. The number of hydrogen-bond acceptors (Lipinski definition) is 4. The van der Waals surface area contributed by atoms with E-state index in [9.17, 15) is 14.4 Å². The first-order valence-electron chi connectivity index (χ1n) is 9.38. The number of rotatable bonds is 5. The Morgan fingerprint density at radius 3 is 2.30 bits per heavy atom. The largest absolute Gasteiger partial charge is 0.450 e. The summed E-state index contributed by atoms with van der Waals surface area (Å²) in [5.74, 6) is -0.350. The minimum absolute atomic E-state index is 0.00712. The molecule has 7 heteroatoms. The van der Waals surface area contributed by atoms with Crippen LogP contribution in [0, 0.1) is 13.8 Å². The fourth-order valence-corrected chi connectivity index (χ4v) is 3.42. The maximum absolute atomic E-state index is 12.5. The molecule has 1 N–H and O–H groups in total. The minimum Gasteiger partial charge on any atom is -0.450 e. The van der Waals surface area contributed by atoms with Gasteiger partial charge in [-0.05, 0) is 44.7 Å². The number of aryl methyl sites for hydroxylation is 2. The van der Waals surface area contributed by atoms with Gasteiger partial charge in [0.1, 0.15) is 6.54 Å². The van der Waals surface area contributed by atoms with Crippen LogP contribution in [0.15, 0.2) is 18.2 Å². The van der Waals surface area contributed by atoms with Crippen molar-refractivity contribution < 1.29 is 19.1 Å². The Balaban J connectivity index is 1.97. The van der Waals surface area contributed by atoms with Crippen molar-refractivity contribution in [2.45, 2.75) is 46.6 Å². The number of amides is 3. The van der Waals surface area contributed by atoms with E-state index >= 15 is 0 Å². The fraction of sp³-hybridized carbons (Fsp3) is 0.550. The number of carbonyl (C=O) groups excluding carboxylic acids is 3. The molecule has 0 spiro atoms.